The van der Waals surface area contributed by atoms with Crippen molar-refractivity contribution in [3.8, 4) is 11.5 Å². The van der Waals surface area contributed by atoms with Crippen molar-refractivity contribution in [1.82, 2.24) is 9.88 Å². The number of carbonyl (C=O) groups is 2. The molecular weight excluding hydrogens is 446 g/mol. The molecule has 1 unspecified atom stereocenters. The molecule has 2 aromatic carbocycles. The van der Waals surface area contributed by atoms with Crippen molar-refractivity contribution in [1.29, 1.82) is 0 Å². The van der Waals surface area contributed by atoms with Gasteiger partial charge in [-0.25, -0.2) is 4.57 Å². The van der Waals surface area contributed by atoms with E-state index in [2.05, 4.69) is 4.98 Å². The Morgan fingerprint density at radius 1 is 1.09 bits per heavy atom. The zero-order valence-electron chi connectivity index (χ0n) is 19.9. The highest BCUT2D eigenvalue weighted by Crippen LogP contribution is 2.39. The summed E-state index contributed by atoms with van der Waals surface area (Å²) in [5.74, 6) is -0.563. The Kier molecular flexibility index (Phi) is 7.50. The highest BCUT2D eigenvalue weighted by molar-refractivity contribution is 6.46. The number of aromatic nitrogens is 2. The summed E-state index contributed by atoms with van der Waals surface area (Å²) in [6, 6.07) is 13.0. The highest BCUT2D eigenvalue weighted by atomic mass is 16.5. The van der Waals surface area contributed by atoms with Crippen LogP contribution in [-0.2, 0) is 16.1 Å². The Morgan fingerprint density at radius 3 is 2.43 bits per heavy atom. The number of aromatic amines is 1. The molecule has 1 N–H and O–H groups in total. The molecule has 8 nitrogen and oxygen atoms in total. The highest BCUT2D eigenvalue weighted by Gasteiger charge is 2.43. The Hall–Kier alpha value is -4.07. The lowest BCUT2D eigenvalue weighted by atomic mass is 9.95. The van der Waals surface area contributed by atoms with Crippen LogP contribution in [0.5, 0.6) is 11.5 Å². The molecule has 1 amide bonds. The third kappa shape index (κ3) is 5.21. The minimum atomic E-state index is -0.763. The quantitative estimate of drug-likeness (QED) is 0.210. The number of Topliss-reactive ketones (excluding diaryl/α,β-unsaturated/α-hetero) is 1. The summed E-state index contributed by atoms with van der Waals surface area (Å²) in [4.78, 5) is 30.7. The number of benzene rings is 2. The monoisotopic (exact) mass is 475 g/mol. The van der Waals surface area contributed by atoms with Crippen LogP contribution in [0.1, 0.15) is 36.9 Å². The topological polar surface area (TPSA) is 98.6 Å². The van der Waals surface area contributed by atoms with Crippen molar-refractivity contribution in [2.45, 2.75) is 32.4 Å². The zero-order valence-corrected chi connectivity index (χ0v) is 19.9. The fourth-order valence-electron chi connectivity index (χ4n) is 4.19. The number of nitrogens with one attached hydrogen (secondary N) is 1. The minimum absolute atomic E-state index is 0.0308. The van der Waals surface area contributed by atoms with Gasteiger partial charge in [-0.15, -0.1) is 0 Å². The largest absolute Gasteiger partial charge is 0.872 e. The Labute approximate surface area is 204 Å². The lowest BCUT2D eigenvalue weighted by Crippen LogP contribution is -2.36. The number of H-pyrrole nitrogens is 1. The summed E-state index contributed by atoms with van der Waals surface area (Å²) in [5.41, 5.74) is 0.996. The van der Waals surface area contributed by atoms with Crippen LogP contribution in [0.3, 0.4) is 0 Å². The summed E-state index contributed by atoms with van der Waals surface area (Å²) >= 11 is 0. The minimum Gasteiger partial charge on any atom is -0.872 e. The molecule has 8 heteroatoms. The van der Waals surface area contributed by atoms with Crippen molar-refractivity contribution < 1.29 is 28.7 Å². The van der Waals surface area contributed by atoms with Crippen molar-refractivity contribution in [2.75, 3.05) is 20.3 Å². The smallest absolute Gasteiger partial charge is 0.295 e. The van der Waals surface area contributed by atoms with Crippen LogP contribution in [-0.4, -0.2) is 41.8 Å². The van der Waals surface area contributed by atoms with E-state index < -0.39 is 23.5 Å². The van der Waals surface area contributed by atoms with Gasteiger partial charge in [0.05, 0.1) is 26.3 Å². The van der Waals surface area contributed by atoms with E-state index in [4.69, 9.17) is 9.47 Å². The molecule has 1 saturated heterocycles. The van der Waals surface area contributed by atoms with Crippen molar-refractivity contribution in [3.05, 3.63) is 84.0 Å². The van der Waals surface area contributed by atoms with Crippen molar-refractivity contribution in [3.63, 3.8) is 0 Å². The van der Waals surface area contributed by atoms with E-state index in [9.17, 15) is 14.7 Å². The predicted molar refractivity (Wildman–Crippen MR) is 127 cm³/mol. The van der Waals surface area contributed by atoms with Crippen LogP contribution in [0, 0.1) is 0 Å². The number of hydrogen-bond donors (Lipinski definition) is 1. The van der Waals surface area contributed by atoms with Crippen LogP contribution < -0.4 is 19.1 Å². The second kappa shape index (κ2) is 10.9. The van der Waals surface area contributed by atoms with Gasteiger partial charge in [-0.3, -0.25) is 14.6 Å². The molecule has 0 saturated carbocycles. The molecule has 0 aliphatic carbocycles. The zero-order chi connectivity index (χ0) is 24.8. The number of ketones is 1. The second-order valence-corrected chi connectivity index (χ2v) is 8.32. The molecule has 0 spiro atoms. The van der Waals surface area contributed by atoms with Crippen LogP contribution >= 0.6 is 0 Å². The van der Waals surface area contributed by atoms with Gasteiger partial charge in [-0.2, -0.15) is 0 Å². The third-order valence-corrected chi connectivity index (χ3v) is 5.97. The predicted octanol–water partition coefficient (Wildman–Crippen LogP) is 2.41. The van der Waals surface area contributed by atoms with Gasteiger partial charge in [-0.1, -0.05) is 36.9 Å². The third-order valence-electron chi connectivity index (χ3n) is 5.97. The first-order chi connectivity index (χ1) is 17.0. The van der Waals surface area contributed by atoms with Gasteiger partial charge in [0, 0.05) is 18.5 Å². The van der Waals surface area contributed by atoms with E-state index in [1.165, 1.54) is 12.0 Å². The number of nitrogens with zero attached hydrogens (tertiary/aromatic N) is 2. The van der Waals surface area contributed by atoms with E-state index in [0.717, 1.165) is 6.42 Å². The van der Waals surface area contributed by atoms with E-state index >= 15 is 0 Å². The van der Waals surface area contributed by atoms with Gasteiger partial charge in [0.1, 0.15) is 23.9 Å². The molecule has 1 atom stereocenters. The summed E-state index contributed by atoms with van der Waals surface area (Å²) in [5, 5.41) is 13.5. The molecule has 1 aliphatic rings. The average Bonchev–Trinajstić information content (AvgIpc) is 3.50. The van der Waals surface area contributed by atoms with Gasteiger partial charge in [0.15, 0.2) is 0 Å². The van der Waals surface area contributed by atoms with E-state index in [0.29, 0.717) is 48.7 Å². The maximum atomic E-state index is 13.5. The fourth-order valence-corrected chi connectivity index (χ4v) is 4.19. The molecule has 35 heavy (non-hydrogen) atoms. The molecule has 2 heterocycles. The molecule has 0 bridgehead atoms. The fraction of sp³-hybridized carbons (Fsp3) is 0.296. The number of aryl methyl sites for hydroxylation is 1. The van der Waals surface area contributed by atoms with E-state index in [1.807, 2.05) is 54.5 Å². The van der Waals surface area contributed by atoms with E-state index in [-0.39, 0.29) is 5.57 Å². The SMILES string of the molecule is CCCOc1ccc(C2C(=C([O-])c3ccc(OC)cc3)C(=O)C(=O)N2CCC[n+]2cc[nH]c2)cc1. The van der Waals surface area contributed by atoms with Gasteiger partial charge in [0.2, 0.25) is 12.1 Å². The molecule has 1 fully saturated rings. The summed E-state index contributed by atoms with van der Waals surface area (Å²) in [6.45, 7) is 3.62. The summed E-state index contributed by atoms with van der Waals surface area (Å²) in [7, 11) is 1.54. The standard InChI is InChI=1S/C27H29N3O5/c1-3-17-35-22-11-5-19(6-12-22)24-23(25(31)20-7-9-21(34-2)10-8-20)26(32)27(33)30(24)15-4-14-29-16-13-28-18-29/h5-13,16,18,24H,3-4,14-15,17H2,1-2H3,(H,31,32). The maximum Gasteiger partial charge on any atom is 0.295 e. The number of rotatable bonds is 10. The van der Waals surface area contributed by atoms with Gasteiger partial charge in [-0.05, 0) is 41.8 Å². The first-order valence-corrected chi connectivity index (χ1v) is 11.7. The second-order valence-electron chi connectivity index (χ2n) is 8.32. The Balaban J connectivity index is 1.69. The lowest BCUT2D eigenvalue weighted by Gasteiger charge is -2.27. The van der Waals surface area contributed by atoms with Gasteiger partial charge in [0.25, 0.3) is 5.91 Å². The van der Waals surface area contributed by atoms with Crippen LogP contribution in [0.15, 0.2) is 72.8 Å². The van der Waals surface area contributed by atoms with Gasteiger partial charge >= 0.3 is 0 Å². The number of carbonyl (C=O) groups excluding carboxylic acids is 2. The molecule has 3 aromatic rings. The number of amides is 1. The number of imidazole rings is 1. The molecule has 1 aliphatic heterocycles. The van der Waals surface area contributed by atoms with Crippen LogP contribution in [0.4, 0.5) is 0 Å². The maximum absolute atomic E-state index is 13.5. The number of ether oxygens (including phenoxy) is 2. The van der Waals surface area contributed by atoms with Gasteiger partial charge < -0.3 is 19.5 Å². The van der Waals surface area contributed by atoms with E-state index in [1.54, 1.807) is 24.3 Å². The van der Waals surface area contributed by atoms with Crippen LogP contribution in [0.25, 0.3) is 5.76 Å². The molecular formula is C27H29N3O5. The van der Waals surface area contributed by atoms with Crippen LogP contribution in [0.2, 0.25) is 0 Å². The molecule has 0 radical (unpaired) electrons. The number of methoxy groups -OCH3 is 1. The normalized spacial score (nSPS) is 17.1. The molecule has 4 rings (SSSR count). The Bertz CT molecular complexity index is 1180. The lowest BCUT2D eigenvalue weighted by molar-refractivity contribution is -0.695. The average molecular weight is 476 g/mol. The van der Waals surface area contributed by atoms with Crippen molar-refractivity contribution >= 4 is 17.4 Å². The first kappa shape index (κ1) is 24.1. The van der Waals surface area contributed by atoms with Crippen molar-refractivity contribution in [2.24, 2.45) is 0 Å². The molecule has 1 aromatic heterocycles. The summed E-state index contributed by atoms with van der Waals surface area (Å²) in [6.07, 6.45) is 7.05. The Morgan fingerprint density at radius 2 is 1.80 bits per heavy atom. The molecule has 182 valence electrons. The summed E-state index contributed by atoms with van der Waals surface area (Å²) < 4.78 is 12.8. The first-order valence-electron chi connectivity index (χ1n) is 11.7. The number of likely N-dealkylation sites (tertiary alicyclic amines) is 1. The number of hydrogen-bond acceptors (Lipinski definition) is 5.